The molecule has 2 rings (SSSR count). The van der Waals surface area contributed by atoms with Gasteiger partial charge in [0.25, 0.3) is 0 Å². The lowest BCUT2D eigenvalue weighted by Crippen LogP contribution is -2.34. The van der Waals surface area contributed by atoms with Gasteiger partial charge < -0.3 is 10.1 Å². The Morgan fingerprint density at radius 2 is 1.89 bits per heavy atom. The van der Waals surface area contributed by atoms with Gasteiger partial charge in [0.05, 0.1) is 6.04 Å². The van der Waals surface area contributed by atoms with Crippen LogP contribution in [0.1, 0.15) is 38.5 Å². The van der Waals surface area contributed by atoms with Crippen LogP contribution in [0, 0.1) is 0 Å². The number of allylic oxidation sites excluding steroid dienone is 1. The first-order chi connectivity index (χ1) is 9.40. The highest BCUT2D eigenvalue weighted by Gasteiger charge is 2.14. The maximum Gasteiger partial charge on any atom is 0.119 e. The molecule has 1 unspecified atom stereocenters. The average Bonchev–Trinajstić information content (AvgIpc) is 2.42. The minimum Gasteiger partial charge on any atom is -0.492 e. The van der Waals surface area contributed by atoms with Crippen LogP contribution in [-0.2, 0) is 0 Å². The first-order valence-electron chi connectivity index (χ1n) is 7.44. The molecule has 1 aromatic carbocycles. The summed E-state index contributed by atoms with van der Waals surface area (Å²) in [6.45, 7) is 0.715. The summed E-state index contributed by atoms with van der Waals surface area (Å²) in [7, 11) is 2.03. The molecule has 0 aliphatic heterocycles. The smallest absolute Gasteiger partial charge is 0.119 e. The predicted octanol–water partition coefficient (Wildman–Crippen LogP) is 3.93. The van der Waals surface area contributed by atoms with E-state index in [4.69, 9.17) is 4.74 Å². The predicted molar refractivity (Wildman–Crippen MR) is 80.6 cm³/mol. The fourth-order valence-corrected chi connectivity index (χ4v) is 2.61. The van der Waals surface area contributed by atoms with E-state index in [2.05, 4.69) is 11.4 Å². The number of hydrogen-bond donors (Lipinski definition) is 1. The van der Waals surface area contributed by atoms with Crippen LogP contribution in [0.4, 0.5) is 0 Å². The van der Waals surface area contributed by atoms with Crippen LogP contribution in [0.5, 0.6) is 5.75 Å². The van der Waals surface area contributed by atoms with Crippen molar-refractivity contribution >= 4 is 0 Å². The van der Waals surface area contributed by atoms with Gasteiger partial charge in [-0.05, 0) is 44.9 Å². The van der Waals surface area contributed by atoms with E-state index in [9.17, 15) is 0 Å². The zero-order valence-corrected chi connectivity index (χ0v) is 11.9. The van der Waals surface area contributed by atoms with Gasteiger partial charge in [0.2, 0.25) is 0 Å². The normalized spacial score (nSPS) is 20.8. The largest absolute Gasteiger partial charge is 0.492 e. The van der Waals surface area contributed by atoms with E-state index in [0.29, 0.717) is 12.6 Å². The SMILES string of the molecule is CNC(COc1ccccc1)/C1=C/CCCCCC1. The van der Waals surface area contributed by atoms with Gasteiger partial charge >= 0.3 is 0 Å². The number of para-hydroxylation sites is 1. The van der Waals surface area contributed by atoms with Crippen molar-refractivity contribution in [1.29, 1.82) is 0 Å². The van der Waals surface area contributed by atoms with Crippen molar-refractivity contribution in [3.63, 3.8) is 0 Å². The van der Waals surface area contributed by atoms with E-state index < -0.39 is 0 Å². The summed E-state index contributed by atoms with van der Waals surface area (Å²) in [5, 5.41) is 3.40. The molecular weight excluding hydrogens is 234 g/mol. The second-order valence-corrected chi connectivity index (χ2v) is 5.20. The maximum atomic E-state index is 5.88. The molecule has 1 aromatic rings. The van der Waals surface area contributed by atoms with Gasteiger partial charge in [0, 0.05) is 0 Å². The second-order valence-electron chi connectivity index (χ2n) is 5.20. The summed E-state index contributed by atoms with van der Waals surface area (Å²) < 4.78 is 5.88. The Hall–Kier alpha value is -1.28. The van der Waals surface area contributed by atoms with Gasteiger partial charge in [-0.2, -0.15) is 0 Å². The van der Waals surface area contributed by atoms with Crippen LogP contribution in [0.3, 0.4) is 0 Å². The van der Waals surface area contributed by atoms with Gasteiger partial charge in [0.15, 0.2) is 0 Å². The van der Waals surface area contributed by atoms with Crippen LogP contribution in [0.25, 0.3) is 0 Å². The monoisotopic (exact) mass is 259 g/mol. The molecule has 0 bridgehead atoms. The third kappa shape index (κ3) is 4.71. The molecule has 0 amide bonds. The van der Waals surface area contributed by atoms with Gasteiger partial charge in [-0.3, -0.25) is 0 Å². The molecule has 2 nitrogen and oxygen atoms in total. The zero-order valence-electron chi connectivity index (χ0n) is 11.9. The van der Waals surface area contributed by atoms with Gasteiger partial charge in [0.1, 0.15) is 12.4 Å². The molecule has 0 aromatic heterocycles. The molecule has 1 aliphatic rings. The topological polar surface area (TPSA) is 21.3 Å². The summed E-state index contributed by atoms with van der Waals surface area (Å²) in [5.74, 6) is 0.953. The number of likely N-dealkylation sites (N-methyl/N-ethyl adjacent to an activating group) is 1. The Balaban J connectivity index is 1.91. The highest BCUT2D eigenvalue weighted by atomic mass is 16.5. The molecule has 1 N–H and O–H groups in total. The van der Waals surface area contributed by atoms with Crippen molar-refractivity contribution in [3.05, 3.63) is 42.0 Å². The Kier molecular flexibility index (Phi) is 5.96. The van der Waals surface area contributed by atoms with E-state index in [1.807, 2.05) is 37.4 Å². The third-order valence-corrected chi connectivity index (χ3v) is 3.78. The molecule has 0 fully saturated rings. The first-order valence-corrected chi connectivity index (χ1v) is 7.44. The van der Waals surface area contributed by atoms with E-state index >= 15 is 0 Å². The molecule has 0 saturated heterocycles. The molecule has 2 heteroatoms. The van der Waals surface area contributed by atoms with Gasteiger partial charge in [-0.25, -0.2) is 0 Å². The molecule has 0 spiro atoms. The summed E-state index contributed by atoms with van der Waals surface area (Å²) in [6.07, 6.45) is 10.3. The van der Waals surface area contributed by atoms with Crippen molar-refractivity contribution in [2.24, 2.45) is 0 Å². The molecule has 1 aliphatic carbocycles. The molecule has 19 heavy (non-hydrogen) atoms. The van der Waals surface area contributed by atoms with Crippen molar-refractivity contribution in [2.45, 2.75) is 44.6 Å². The Morgan fingerprint density at radius 3 is 2.68 bits per heavy atom. The summed E-state index contributed by atoms with van der Waals surface area (Å²) in [6, 6.07) is 10.4. The molecule has 0 heterocycles. The fraction of sp³-hybridized carbons (Fsp3) is 0.529. The number of nitrogens with one attached hydrogen (secondary N) is 1. The lowest BCUT2D eigenvalue weighted by Gasteiger charge is -2.22. The zero-order chi connectivity index (χ0) is 13.3. The summed E-state index contributed by atoms with van der Waals surface area (Å²) in [5.41, 5.74) is 1.53. The van der Waals surface area contributed by atoms with E-state index in [0.717, 1.165) is 5.75 Å². The highest BCUT2D eigenvalue weighted by molar-refractivity contribution is 5.21. The third-order valence-electron chi connectivity index (χ3n) is 3.78. The standard InChI is InChI=1S/C17H25NO/c1-18-17(14-19-16-12-8-5-9-13-16)15-10-6-3-2-4-7-11-15/h5,8-10,12-13,17-18H,2-4,6-7,11,14H2,1H3/b15-10+. The highest BCUT2D eigenvalue weighted by Crippen LogP contribution is 2.20. The quantitative estimate of drug-likeness (QED) is 0.809. The average molecular weight is 259 g/mol. The molecular formula is C17H25NO. The van der Waals surface area contributed by atoms with Crippen LogP contribution in [-0.4, -0.2) is 19.7 Å². The number of ether oxygens (including phenoxy) is 1. The lowest BCUT2D eigenvalue weighted by atomic mass is 9.95. The van der Waals surface area contributed by atoms with Gasteiger partial charge in [-0.1, -0.05) is 42.7 Å². The minimum atomic E-state index is 0.346. The van der Waals surface area contributed by atoms with Crippen LogP contribution in [0.15, 0.2) is 42.0 Å². The van der Waals surface area contributed by atoms with Crippen molar-refractivity contribution in [2.75, 3.05) is 13.7 Å². The van der Waals surface area contributed by atoms with Crippen LogP contribution < -0.4 is 10.1 Å². The Labute approximate surface area is 116 Å². The van der Waals surface area contributed by atoms with Crippen molar-refractivity contribution < 1.29 is 4.74 Å². The fourth-order valence-electron chi connectivity index (χ4n) is 2.61. The minimum absolute atomic E-state index is 0.346. The van der Waals surface area contributed by atoms with E-state index in [1.54, 1.807) is 0 Å². The number of rotatable bonds is 5. The lowest BCUT2D eigenvalue weighted by molar-refractivity contribution is 0.283. The Morgan fingerprint density at radius 1 is 1.11 bits per heavy atom. The summed E-state index contributed by atoms with van der Waals surface area (Å²) >= 11 is 0. The van der Waals surface area contributed by atoms with Crippen molar-refractivity contribution in [3.8, 4) is 5.75 Å². The van der Waals surface area contributed by atoms with Crippen LogP contribution >= 0.6 is 0 Å². The number of benzene rings is 1. The van der Waals surface area contributed by atoms with E-state index in [-0.39, 0.29) is 0 Å². The second kappa shape index (κ2) is 8.00. The van der Waals surface area contributed by atoms with E-state index in [1.165, 1.54) is 44.1 Å². The maximum absolute atomic E-state index is 5.88. The molecule has 0 radical (unpaired) electrons. The Bertz CT molecular complexity index is 386. The molecule has 1 atom stereocenters. The van der Waals surface area contributed by atoms with Crippen LogP contribution in [0.2, 0.25) is 0 Å². The summed E-state index contributed by atoms with van der Waals surface area (Å²) in [4.78, 5) is 0. The van der Waals surface area contributed by atoms with Gasteiger partial charge in [-0.15, -0.1) is 0 Å². The molecule has 104 valence electrons. The molecule has 0 saturated carbocycles. The number of hydrogen-bond acceptors (Lipinski definition) is 2. The van der Waals surface area contributed by atoms with Crippen molar-refractivity contribution in [1.82, 2.24) is 5.32 Å². The first kappa shape index (κ1) is 14.1.